The number of carbonyl (C=O) groups excluding carboxylic acids is 1. The zero-order chi connectivity index (χ0) is 19.6. The van der Waals surface area contributed by atoms with E-state index in [-0.39, 0.29) is 11.9 Å². The van der Waals surface area contributed by atoms with Gasteiger partial charge < -0.3 is 14.4 Å². The van der Waals surface area contributed by atoms with Gasteiger partial charge in [-0.15, -0.1) is 0 Å². The third-order valence-electron chi connectivity index (χ3n) is 5.11. The number of carbonyl (C=O) groups is 1. The molecule has 1 saturated carbocycles. The van der Waals surface area contributed by atoms with Crippen molar-refractivity contribution in [3.8, 4) is 11.5 Å². The molecular weight excluding hydrogens is 428 g/mol. The lowest BCUT2D eigenvalue weighted by Gasteiger charge is -2.30. The Morgan fingerprint density at radius 3 is 2.59 bits per heavy atom. The maximum Gasteiger partial charge on any atom is 0.277 e. The van der Waals surface area contributed by atoms with E-state index in [0.717, 1.165) is 35.7 Å². The van der Waals surface area contributed by atoms with Gasteiger partial charge in [0.15, 0.2) is 16.6 Å². The van der Waals surface area contributed by atoms with Gasteiger partial charge in [-0.2, -0.15) is 0 Å². The predicted octanol–water partition coefficient (Wildman–Crippen LogP) is 4.59. The lowest BCUT2D eigenvalue weighted by molar-refractivity contribution is -0.124. The van der Waals surface area contributed by atoms with Gasteiger partial charge in [0.2, 0.25) is 0 Å². The van der Waals surface area contributed by atoms with Crippen molar-refractivity contribution in [2.45, 2.75) is 45.1 Å². The fraction of sp³-hybridized carbons (Fsp3) is 0.500. The molecule has 0 spiro atoms. The Bertz CT molecular complexity index is 775. The molecule has 1 heterocycles. The summed E-state index contributed by atoms with van der Waals surface area (Å²) >= 11 is 9.16. The van der Waals surface area contributed by atoms with Crippen molar-refractivity contribution in [3.05, 3.63) is 27.9 Å². The standard InChI is InChI=1S/C20H25BrN2O3S/c1-4-26-18-11-13(15(21)12-17(18)25-3)10-16-19(24)23(20(27)22(16)2)14-8-6-5-7-9-14/h10-12,14H,4-9H2,1-3H3. The molecule has 3 rings (SSSR count). The molecule has 1 aliphatic heterocycles. The largest absolute Gasteiger partial charge is 0.493 e. The van der Waals surface area contributed by atoms with Crippen LogP contribution in [0.3, 0.4) is 0 Å². The van der Waals surface area contributed by atoms with Crippen LogP contribution in [0.1, 0.15) is 44.6 Å². The SMILES string of the molecule is CCOc1cc(C=C2C(=O)N(C3CCCCC3)C(=S)N2C)c(Br)cc1OC. The van der Waals surface area contributed by atoms with Crippen LogP contribution >= 0.6 is 28.1 Å². The Hall–Kier alpha value is -1.60. The molecule has 0 bridgehead atoms. The molecule has 0 radical (unpaired) electrons. The van der Waals surface area contributed by atoms with Crippen LogP contribution in [0.5, 0.6) is 11.5 Å². The van der Waals surface area contributed by atoms with E-state index in [0.29, 0.717) is 28.9 Å². The topological polar surface area (TPSA) is 42.0 Å². The second kappa shape index (κ2) is 8.61. The molecule has 27 heavy (non-hydrogen) atoms. The Labute approximate surface area is 174 Å². The molecule has 5 nitrogen and oxygen atoms in total. The first-order valence-corrected chi connectivity index (χ1v) is 10.5. The number of rotatable bonds is 5. The molecule has 0 N–H and O–H groups in total. The number of hydrogen-bond donors (Lipinski definition) is 0. The summed E-state index contributed by atoms with van der Waals surface area (Å²) in [6, 6.07) is 3.95. The summed E-state index contributed by atoms with van der Waals surface area (Å²) in [6.07, 6.45) is 7.46. The highest BCUT2D eigenvalue weighted by Gasteiger charge is 2.40. The summed E-state index contributed by atoms with van der Waals surface area (Å²) in [5, 5.41) is 0.591. The van der Waals surface area contributed by atoms with E-state index in [1.54, 1.807) is 12.0 Å². The first-order chi connectivity index (χ1) is 13.0. The summed E-state index contributed by atoms with van der Waals surface area (Å²) < 4.78 is 11.9. The number of thiocarbonyl (C=S) groups is 1. The maximum atomic E-state index is 13.1. The molecule has 1 aliphatic carbocycles. The van der Waals surface area contributed by atoms with E-state index in [9.17, 15) is 4.79 Å². The number of nitrogens with zero attached hydrogens (tertiary/aromatic N) is 2. The summed E-state index contributed by atoms with van der Waals surface area (Å²) in [7, 11) is 3.47. The van der Waals surface area contributed by atoms with Gasteiger partial charge in [-0.3, -0.25) is 9.69 Å². The van der Waals surface area contributed by atoms with Gasteiger partial charge in [0.05, 0.1) is 13.7 Å². The molecular formula is C20H25BrN2O3S. The smallest absolute Gasteiger partial charge is 0.277 e. The molecule has 0 atom stereocenters. The van der Waals surface area contributed by atoms with E-state index in [1.807, 2.05) is 37.1 Å². The van der Waals surface area contributed by atoms with Gasteiger partial charge in [0.1, 0.15) is 5.70 Å². The maximum absolute atomic E-state index is 13.1. The third-order valence-corrected chi connectivity index (χ3v) is 6.26. The quantitative estimate of drug-likeness (QED) is 0.482. The summed E-state index contributed by atoms with van der Waals surface area (Å²) in [5.41, 5.74) is 1.43. The Morgan fingerprint density at radius 2 is 1.96 bits per heavy atom. The van der Waals surface area contributed by atoms with Crippen molar-refractivity contribution in [1.82, 2.24) is 9.80 Å². The molecule has 0 aromatic heterocycles. The van der Waals surface area contributed by atoms with Crippen LogP contribution in [0.15, 0.2) is 22.3 Å². The minimum Gasteiger partial charge on any atom is -0.493 e. The van der Waals surface area contributed by atoms with Crippen molar-refractivity contribution in [2.24, 2.45) is 0 Å². The Morgan fingerprint density at radius 1 is 1.26 bits per heavy atom. The average Bonchev–Trinajstić information content (AvgIpc) is 2.88. The van der Waals surface area contributed by atoms with E-state index >= 15 is 0 Å². The van der Waals surface area contributed by atoms with Crippen molar-refractivity contribution in [1.29, 1.82) is 0 Å². The number of amides is 1. The minimum atomic E-state index is -0.0184. The first-order valence-electron chi connectivity index (χ1n) is 9.31. The zero-order valence-corrected chi connectivity index (χ0v) is 18.4. The van der Waals surface area contributed by atoms with Crippen LogP contribution in [-0.2, 0) is 4.79 Å². The number of ether oxygens (including phenoxy) is 2. The van der Waals surface area contributed by atoms with Gasteiger partial charge in [0, 0.05) is 17.6 Å². The lowest BCUT2D eigenvalue weighted by atomic mass is 9.94. The van der Waals surface area contributed by atoms with Crippen LogP contribution in [0.2, 0.25) is 0 Å². The summed E-state index contributed by atoms with van der Waals surface area (Å²) in [4.78, 5) is 16.7. The zero-order valence-electron chi connectivity index (χ0n) is 16.0. The monoisotopic (exact) mass is 452 g/mol. The van der Waals surface area contributed by atoms with Crippen molar-refractivity contribution < 1.29 is 14.3 Å². The van der Waals surface area contributed by atoms with Crippen LogP contribution < -0.4 is 9.47 Å². The molecule has 1 aromatic carbocycles. The molecule has 7 heteroatoms. The molecule has 0 unspecified atom stereocenters. The normalized spacial score (nSPS) is 19.9. The number of halogens is 1. The first kappa shape index (κ1) is 20.1. The van der Waals surface area contributed by atoms with Crippen molar-refractivity contribution in [2.75, 3.05) is 20.8 Å². The second-order valence-electron chi connectivity index (χ2n) is 6.80. The van der Waals surface area contributed by atoms with Gasteiger partial charge >= 0.3 is 0 Å². The van der Waals surface area contributed by atoms with Gasteiger partial charge in [-0.25, -0.2) is 0 Å². The van der Waals surface area contributed by atoms with Crippen LogP contribution in [0.25, 0.3) is 6.08 Å². The number of benzene rings is 1. The van der Waals surface area contributed by atoms with Gasteiger partial charge in [-0.1, -0.05) is 35.2 Å². The average molecular weight is 453 g/mol. The molecule has 1 aromatic rings. The Balaban J connectivity index is 1.95. The summed E-state index contributed by atoms with van der Waals surface area (Å²) in [6.45, 7) is 2.46. The van der Waals surface area contributed by atoms with E-state index < -0.39 is 0 Å². The number of methoxy groups -OCH3 is 1. The molecule has 146 valence electrons. The fourth-order valence-electron chi connectivity index (χ4n) is 3.67. The molecule has 2 aliphatic rings. The Kier molecular flexibility index (Phi) is 6.42. The van der Waals surface area contributed by atoms with E-state index in [4.69, 9.17) is 21.7 Å². The van der Waals surface area contributed by atoms with Gasteiger partial charge in [0.25, 0.3) is 5.91 Å². The highest BCUT2D eigenvalue weighted by atomic mass is 79.9. The van der Waals surface area contributed by atoms with Crippen LogP contribution in [-0.4, -0.2) is 47.6 Å². The minimum absolute atomic E-state index is 0.0184. The molecule has 1 saturated heterocycles. The lowest BCUT2D eigenvalue weighted by Crippen LogP contribution is -2.41. The molecule has 1 amide bonds. The van der Waals surface area contributed by atoms with E-state index in [2.05, 4.69) is 15.9 Å². The second-order valence-corrected chi connectivity index (χ2v) is 8.02. The van der Waals surface area contributed by atoms with Crippen LogP contribution in [0.4, 0.5) is 0 Å². The highest BCUT2D eigenvalue weighted by Crippen LogP contribution is 2.36. The van der Waals surface area contributed by atoms with Crippen LogP contribution in [0, 0.1) is 0 Å². The van der Waals surface area contributed by atoms with Gasteiger partial charge in [-0.05, 0) is 55.8 Å². The number of likely N-dealkylation sites (N-methyl/N-ethyl adjacent to an activating group) is 1. The van der Waals surface area contributed by atoms with Crippen molar-refractivity contribution in [3.63, 3.8) is 0 Å². The number of hydrogen-bond acceptors (Lipinski definition) is 4. The predicted molar refractivity (Wildman–Crippen MR) is 114 cm³/mol. The highest BCUT2D eigenvalue weighted by molar-refractivity contribution is 9.10. The summed E-state index contributed by atoms with van der Waals surface area (Å²) in [5.74, 6) is 1.28. The fourth-order valence-corrected chi connectivity index (χ4v) is 4.44. The third kappa shape index (κ3) is 3.99. The molecule has 2 fully saturated rings. The van der Waals surface area contributed by atoms with Crippen molar-refractivity contribution >= 4 is 45.2 Å². The van der Waals surface area contributed by atoms with E-state index in [1.165, 1.54) is 6.42 Å².